The van der Waals surface area contributed by atoms with Crippen molar-refractivity contribution in [2.24, 2.45) is 5.73 Å². The van der Waals surface area contributed by atoms with E-state index in [-0.39, 0.29) is 18.4 Å². The fraction of sp³-hybridized carbons (Fsp3) is 0.400. The van der Waals surface area contributed by atoms with Crippen molar-refractivity contribution in [3.05, 3.63) is 33.3 Å². The van der Waals surface area contributed by atoms with Gasteiger partial charge in [0, 0.05) is 15.5 Å². The average molecular weight is 299 g/mol. The van der Waals surface area contributed by atoms with Gasteiger partial charge >= 0.3 is 0 Å². The molecule has 0 radical (unpaired) electrons. The number of rotatable bonds is 3. The Hall–Kier alpha value is 0.240. The van der Waals surface area contributed by atoms with Gasteiger partial charge in [0.2, 0.25) is 0 Å². The molecule has 1 aromatic rings. The fourth-order valence-electron chi connectivity index (χ4n) is 1.27. The minimum atomic E-state index is 0. The maximum atomic E-state index is 6.03. The first-order valence-corrected chi connectivity index (χ1v) is 5.52. The monoisotopic (exact) mass is 297 g/mol. The van der Waals surface area contributed by atoms with Gasteiger partial charge in [0.05, 0.1) is 0 Å². The first-order valence-electron chi connectivity index (χ1n) is 4.35. The van der Waals surface area contributed by atoms with E-state index in [1.165, 1.54) is 0 Å². The van der Waals surface area contributed by atoms with Gasteiger partial charge in [-0.25, -0.2) is 0 Å². The predicted octanol–water partition coefficient (Wildman–Crippen LogP) is 4.32. The normalized spacial score (nSPS) is 12.0. The van der Waals surface area contributed by atoms with Crippen molar-refractivity contribution in [3.63, 3.8) is 0 Å². The first kappa shape index (κ1) is 14.2. The molecule has 1 nitrogen and oxygen atoms in total. The largest absolute Gasteiger partial charge is 0.324 e. The molecule has 0 aliphatic heterocycles. The van der Waals surface area contributed by atoms with Crippen LogP contribution in [0.4, 0.5) is 0 Å². The average Bonchev–Trinajstić information content (AvgIpc) is 2.09. The van der Waals surface area contributed by atoms with Crippen LogP contribution in [-0.2, 0) is 0 Å². The molecule has 0 aliphatic rings. The third-order valence-corrected chi connectivity index (χ3v) is 2.79. The summed E-state index contributed by atoms with van der Waals surface area (Å²) in [5.41, 5.74) is 7.00. The SMILES string of the molecule is CCC[C@@H](N)c1cc(Br)ccc1Cl.Cl. The summed E-state index contributed by atoms with van der Waals surface area (Å²) >= 11 is 9.43. The van der Waals surface area contributed by atoms with E-state index in [0.29, 0.717) is 0 Å². The highest BCUT2D eigenvalue weighted by Crippen LogP contribution is 2.27. The summed E-state index contributed by atoms with van der Waals surface area (Å²) in [6.07, 6.45) is 2.04. The lowest BCUT2D eigenvalue weighted by Gasteiger charge is -2.12. The summed E-state index contributed by atoms with van der Waals surface area (Å²) in [5.74, 6) is 0. The molecule has 0 saturated carbocycles. The highest BCUT2D eigenvalue weighted by Gasteiger charge is 2.09. The van der Waals surface area contributed by atoms with Gasteiger partial charge in [-0.15, -0.1) is 12.4 Å². The first-order chi connectivity index (χ1) is 6.15. The summed E-state index contributed by atoms with van der Waals surface area (Å²) in [7, 11) is 0. The van der Waals surface area contributed by atoms with Gasteiger partial charge in [0.15, 0.2) is 0 Å². The lowest BCUT2D eigenvalue weighted by Crippen LogP contribution is -2.10. The van der Waals surface area contributed by atoms with Crippen LogP contribution in [0, 0.1) is 0 Å². The molecular formula is C10H14BrCl2N. The summed E-state index contributed by atoms with van der Waals surface area (Å²) < 4.78 is 1.03. The summed E-state index contributed by atoms with van der Waals surface area (Å²) in [6, 6.07) is 5.83. The molecule has 0 aromatic heterocycles. The van der Waals surface area contributed by atoms with Gasteiger partial charge in [0.25, 0.3) is 0 Å². The van der Waals surface area contributed by atoms with Crippen molar-refractivity contribution in [2.45, 2.75) is 25.8 Å². The summed E-state index contributed by atoms with van der Waals surface area (Å²) in [4.78, 5) is 0. The van der Waals surface area contributed by atoms with Gasteiger partial charge < -0.3 is 5.73 Å². The van der Waals surface area contributed by atoms with Crippen LogP contribution >= 0.6 is 39.9 Å². The Morgan fingerprint density at radius 2 is 2.14 bits per heavy atom. The molecule has 1 aromatic carbocycles. The third kappa shape index (κ3) is 3.77. The Bertz CT molecular complexity index is 291. The molecule has 14 heavy (non-hydrogen) atoms. The van der Waals surface area contributed by atoms with Crippen molar-refractivity contribution >= 4 is 39.9 Å². The van der Waals surface area contributed by atoms with Crippen LogP contribution < -0.4 is 5.73 Å². The molecule has 0 amide bonds. The Morgan fingerprint density at radius 1 is 1.50 bits per heavy atom. The van der Waals surface area contributed by atoms with Crippen LogP contribution in [0.3, 0.4) is 0 Å². The Labute approximate surface area is 105 Å². The Balaban J connectivity index is 0.00000169. The zero-order valence-corrected chi connectivity index (χ0v) is 11.1. The number of nitrogens with two attached hydrogens (primary N) is 1. The Kier molecular flexibility index (Phi) is 6.79. The second kappa shape index (κ2) is 6.67. The van der Waals surface area contributed by atoms with E-state index >= 15 is 0 Å². The number of hydrogen-bond acceptors (Lipinski definition) is 1. The molecule has 1 rings (SSSR count). The second-order valence-electron chi connectivity index (χ2n) is 3.06. The minimum absolute atomic E-state index is 0. The van der Waals surface area contributed by atoms with E-state index in [9.17, 15) is 0 Å². The highest BCUT2D eigenvalue weighted by atomic mass is 79.9. The minimum Gasteiger partial charge on any atom is -0.324 e. The van der Waals surface area contributed by atoms with E-state index in [2.05, 4.69) is 22.9 Å². The maximum Gasteiger partial charge on any atom is 0.0454 e. The molecule has 4 heteroatoms. The van der Waals surface area contributed by atoms with Crippen molar-refractivity contribution < 1.29 is 0 Å². The molecule has 0 aliphatic carbocycles. The van der Waals surface area contributed by atoms with E-state index in [0.717, 1.165) is 27.9 Å². The smallest absolute Gasteiger partial charge is 0.0454 e. The fourth-order valence-corrected chi connectivity index (χ4v) is 1.90. The molecule has 0 bridgehead atoms. The molecule has 80 valence electrons. The van der Waals surface area contributed by atoms with Gasteiger partial charge in [0.1, 0.15) is 0 Å². The van der Waals surface area contributed by atoms with Crippen molar-refractivity contribution in [3.8, 4) is 0 Å². The van der Waals surface area contributed by atoms with Crippen LogP contribution in [0.15, 0.2) is 22.7 Å². The third-order valence-electron chi connectivity index (χ3n) is 1.96. The van der Waals surface area contributed by atoms with E-state index < -0.39 is 0 Å². The van der Waals surface area contributed by atoms with Gasteiger partial charge in [-0.2, -0.15) is 0 Å². The summed E-state index contributed by atoms with van der Waals surface area (Å²) in [6.45, 7) is 2.12. The summed E-state index contributed by atoms with van der Waals surface area (Å²) in [5, 5.41) is 0.754. The van der Waals surface area contributed by atoms with Gasteiger partial charge in [-0.05, 0) is 30.2 Å². The number of hydrogen-bond donors (Lipinski definition) is 1. The lowest BCUT2D eigenvalue weighted by atomic mass is 10.0. The van der Waals surface area contributed by atoms with E-state index in [1.54, 1.807) is 0 Å². The van der Waals surface area contributed by atoms with Crippen LogP contribution in [0.25, 0.3) is 0 Å². The molecule has 0 unspecified atom stereocenters. The molecule has 0 fully saturated rings. The number of benzene rings is 1. The quantitative estimate of drug-likeness (QED) is 0.883. The molecule has 1 atom stereocenters. The van der Waals surface area contributed by atoms with Crippen molar-refractivity contribution in [1.29, 1.82) is 0 Å². The van der Waals surface area contributed by atoms with Crippen molar-refractivity contribution in [2.75, 3.05) is 0 Å². The predicted molar refractivity (Wildman–Crippen MR) is 68.2 cm³/mol. The van der Waals surface area contributed by atoms with Gasteiger partial charge in [-0.1, -0.05) is 40.9 Å². The maximum absolute atomic E-state index is 6.03. The van der Waals surface area contributed by atoms with E-state index in [1.807, 2.05) is 18.2 Å². The highest BCUT2D eigenvalue weighted by molar-refractivity contribution is 9.10. The molecule has 0 saturated heterocycles. The van der Waals surface area contributed by atoms with E-state index in [4.69, 9.17) is 17.3 Å². The standard InChI is InChI=1S/C10H13BrClN.ClH/c1-2-3-10(13)8-6-7(11)4-5-9(8)12;/h4-6,10H,2-3,13H2,1H3;1H/t10-;/m1./s1. The molecule has 0 spiro atoms. The van der Waals surface area contributed by atoms with Crippen LogP contribution in [-0.4, -0.2) is 0 Å². The van der Waals surface area contributed by atoms with Gasteiger partial charge in [-0.3, -0.25) is 0 Å². The molecule has 2 N–H and O–H groups in total. The van der Waals surface area contributed by atoms with Crippen LogP contribution in [0.2, 0.25) is 5.02 Å². The molecular weight excluding hydrogens is 285 g/mol. The Morgan fingerprint density at radius 3 is 2.71 bits per heavy atom. The zero-order valence-electron chi connectivity index (χ0n) is 7.97. The molecule has 0 heterocycles. The van der Waals surface area contributed by atoms with Crippen LogP contribution in [0.1, 0.15) is 31.4 Å². The zero-order chi connectivity index (χ0) is 9.84. The topological polar surface area (TPSA) is 26.0 Å². The van der Waals surface area contributed by atoms with Crippen molar-refractivity contribution in [1.82, 2.24) is 0 Å². The number of halogens is 3. The lowest BCUT2D eigenvalue weighted by molar-refractivity contribution is 0.638. The van der Waals surface area contributed by atoms with Crippen LogP contribution in [0.5, 0.6) is 0 Å². The second-order valence-corrected chi connectivity index (χ2v) is 4.38.